The first-order valence-corrected chi connectivity index (χ1v) is 14.9. The van der Waals surface area contributed by atoms with Crippen LogP contribution in [0.5, 0.6) is 0 Å². The number of carboxylic acid groups (broad SMARTS) is 1. The highest BCUT2D eigenvalue weighted by molar-refractivity contribution is 6.33. The summed E-state index contributed by atoms with van der Waals surface area (Å²) >= 11 is 6.80. The van der Waals surface area contributed by atoms with Crippen LogP contribution in [0.25, 0.3) is 11.1 Å². The summed E-state index contributed by atoms with van der Waals surface area (Å²) in [7, 11) is 1.95. The van der Waals surface area contributed by atoms with Gasteiger partial charge in [-0.25, -0.2) is 4.79 Å². The van der Waals surface area contributed by atoms with Gasteiger partial charge in [-0.3, -0.25) is 9.78 Å². The van der Waals surface area contributed by atoms with Crippen LogP contribution in [0.3, 0.4) is 0 Å². The van der Waals surface area contributed by atoms with Gasteiger partial charge in [-0.1, -0.05) is 49.7 Å². The normalized spacial score (nSPS) is 22.8. The fraction of sp³-hybridized carbons (Fsp3) is 0.581. The Kier molecular flexibility index (Phi) is 10.1. The lowest BCUT2D eigenvalue weighted by Crippen LogP contribution is -2.50. The summed E-state index contributed by atoms with van der Waals surface area (Å²) in [5.41, 5.74) is 2.08. The van der Waals surface area contributed by atoms with E-state index in [1.165, 1.54) is 0 Å². The Bertz CT molecular complexity index is 1190. The fourth-order valence-corrected chi connectivity index (χ4v) is 6.78. The predicted octanol–water partition coefficient (Wildman–Crippen LogP) is 5.39. The largest absolute Gasteiger partial charge is 0.465 e. The number of aromatic nitrogens is 1. The Hall–Kier alpha value is -2.68. The molecule has 2 fully saturated rings. The number of halogens is 1. The summed E-state index contributed by atoms with van der Waals surface area (Å²) in [5, 5.41) is 27.9. The molecule has 0 bridgehead atoms. The first-order valence-electron chi connectivity index (χ1n) is 14.5. The number of pyridine rings is 1. The molecule has 2 heterocycles. The smallest absolute Gasteiger partial charge is 0.404 e. The van der Waals surface area contributed by atoms with Gasteiger partial charge in [0, 0.05) is 61.0 Å². The zero-order valence-electron chi connectivity index (χ0n) is 23.8. The Labute approximate surface area is 242 Å². The number of carbonyl (C=O) groups is 2. The second kappa shape index (κ2) is 13.3. The molecule has 2 amide bonds. The number of piperidine rings is 1. The van der Waals surface area contributed by atoms with E-state index in [1.807, 2.05) is 24.1 Å². The third-order valence-corrected chi connectivity index (χ3v) is 9.10. The van der Waals surface area contributed by atoms with Gasteiger partial charge in [0.25, 0.3) is 0 Å². The van der Waals surface area contributed by atoms with E-state index in [9.17, 15) is 14.7 Å². The second-order valence-corrected chi connectivity index (χ2v) is 12.1. The molecule has 4 rings (SSSR count). The lowest BCUT2D eigenvalue weighted by molar-refractivity contribution is -0.140. The number of rotatable bonds is 10. The standard InChI is InChI=1S/C31H43ClN4O4/c1-20(2)21-7-4-8-22(15-21)28-26(17-34-18-27(28)32)31(40,12-6-13-35-30(38)39)24-9-5-14-36(19-24)29(37)23-10-11-25(16-23)33-3/h4,7-8,15,17-18,20,23-25,33,35,40H,5-6,9-14,16,19H2,1-3H3,(H,38,39)/t23-,24-,25+,31+/m1/s1. The maximum Gasteiger partial charge on any atom is 0.404 e. The lowest BCUT2D eigenvalue weighted by atomic mass is 9.72. The number of nitrogens with one attached hydrogen (secondary N) is 2. The molecule has 1 saturated heterocycles. The number of carbonyl (C=O) groups excluding carboxylic acids is 1. The molecule has 4 atom stereocenters. The average molecular weight is 571 g/mol. The molecule has 1 aliphatic heterocycles. The monoisotopic (exact) mass is 570 g/mol. The highest BCUT2D eigenvalue weighted by Crippen LogP contribution is 2.45. The van der Waals surface area contributed by atoms with Crippen LogP contribution in [-0.4, -0.2) is 64.8 Å². The summed E-state index contributed by atoms with van der Waals surface area (Å²) < 4.78 is 0. The van der Waals surface area contributed by atoms with Crippen LogP contribution in [0.2, 0.25) is 5.02 Å². The number of amides is 2. The number of nitrogens with zero attached hydrogens (tertiary/aromatic N) is 2. The van der Waals surface area contributed by atoms with Crippen molar-refractivity contribution < 1.29 is 19.8 Å². The maximum atomic E-state index is 13.6. The quantitative estimate of drug-likeness (QED) is 0.285. The van der Waals surface area contributed by atoms with Crippen molar-refractivity contribution in [3.8, 4) is 11.1 Å². The van der Waals surface area contributed by atoms with Gasteiger partial charge >= 0.3 is 6.09 Å². The molecule has 0 radical (unpaired) electrons. The Morgan fingerprint density at radius 1 is 1.23 bits per heavy atom. The predicted molar refractivity (Wildman–Crippen MR) is 157 cm³/mol. The zero-order chi connectivity index (χ0) is 28.9. The maximum absolute atomic E-state index is 13.6. The summed E-state index contributed by atoms with van der Waals surface area (Å²) in [6, 6.07) is 8.56. The van der Waals surface area contributed by atoms with Crippen LogP contribution in [0.1, 0.15) is 75.8 Å². The van der Waals surface area contributed by atoms with E-state index < -0.39 is 11.7 Å². The van der Waals surface area contributed by atoms with Gasteiger partial charge in [-0.05, 0) is 69.0 Å². The molecule has 4 N–H and O–H groups in total. The summed E-state index contributed by atoms with van der Waals surface area (Å²) in [5.74, 6) is 0.252. The first kappa shape index (κ1) is 30.3. The average Bonchev–Trinajstić information content (AvgIpc) is 3.44. The van der Waals surface area contributed by atoms with E-state index in [4.69, 9.17) is 16.7 Å². The van der Waals surface area contributed by atoms with Crippen LogP contribution < -0.4 is 10.6 Å². The van der Waals surface area contributed by atoms with Crippen LogP contribution in [0.15, 0.2) is 36.7 Å². The van der Waals surface area contributed by atoms with Gasteiger partial charge in [-0.2, -0.15) is 0 Å². The molecule has 1 aromatic heterocycles. The molecule has 1 saturated carbocycles. The van der Waals surface area contributed by atoms with Crippen LogP contribution >= 0.6 is 11.6 Å². The van der Waals surface area contributed by atoms with Crippen molar-refractivity contribution in [1.29, 1.82) is 0 Å². The van der Waals surface area contributed by atoms with Crippen LogP contribution in [-0.2, 0) is 10.4 Å². The number of hydrogen-bond acceptors (Lipinski definition) is 5. The van der Waals surface area contributed by atoms with Crippen LogP contribution in [0, 0.1) is 11.8 Å². The molecule has 218 valence electrons. The van der Waals surface area contributed by atoms with Crippen molar-refractivity contribution in [2.24, 2.45) is 11.8 Å². The summed E-state index contributed by atoms with van der Waals surface area (Å²) in [6.45, 7) is 5.62. The number of benzene rings is 1. The van der Waals surface area contributed by atoms with E-state index in [2.05, 4.69) is 41.6 Å². The molecule has 8 nitrogen and oxygen atoms in total. The topological polar surface area (TPSA) is 115 Å². The molecule has 2 aliphatic rings. The Balaban J connectivity index is 1.69. The van der Waals surface area contributed by atoms with Gasteiger partial charge in [-0.15, -0.1) is 0 Å². The molecular weight excluding hydrogens is 528 g/mol. The van der Waals surface area contributed by atoms with Crippen molar-refractivity contribution in [3.05, 3.63) is 52.8 Å². The lowest BCUT2D eigenvalue weighted by Gasteiger charge is -2.44. The zero-order valence-corrected chi connectivity index (χ0v) is 24.6. The number of aliphatic hydroxyl groups is 1. The first-order chi connectivity index (χ1) is 19.1. The van der Waals surface area contributed by atoms with Gasteiger partial charge in [0.2, 0.25) is 5.91 Å². The molecule has 0 spiro atoms. The van der Waals surface area contributed by atoms with Crippen molar-refractivity contribution in [1.82, 2.24) is 20.5 Å². The van der Waals surface area contributed by atoms with Gasteiger partial charge in [0.15, 0.2) is 0 Å². The Morgan fingerprint density at radius 2 is 2.02 bits per heavy atom. The fourth-order valence-electron chi connectivity index (χ4n) is 6.52. The van der Waals surface area contributed by atoms with E-state index in [1.54, 1.807) is 12.4 Å². The third kappa shape index (κ3) is 6.78. The second-order valence-electron chi connectivity index (χ2n) is 11.7. The van der Waals surface area contributed by atoms with Crippen molar-refractivity contribution in [3.63, 3.8) is 0 Å². The molecule has 1 aromatic carbocycles. The minimum Gasteiger partial charge on any atom is -0.465 e. The van der Waals surface area contributed by atoms with E-state index in [0.717, 1.165) is 48.8 Å². The van der Waals surface area contributed by atoms with E-state index >= 15 is 0 Å². The molecular formula is C31H43ClN4O4. The number of likely N-dealkylation sites (tertiary alicyclic amines) is 1. The third-order valence-electron chi connectivity index (χ3n) is 8.82. The minimum atomic E-state index is -1.36. The highest BCUT2D eigenvalue weighted by atomic mass is 35.5. The van der Waals surface area contributed by atoms with Crippen molar-refractivity contribution >= 4 is 23.6 Å². The van der Waals surface area contributed by atoms with Gasteiger partial charge < -0.3 is 25.7 Å². The summed E-state index contributed by atoms with van der Waals surface area (Å²) in [6.07, 6.45) is 7.20. The molecule has 40 heavy (non-hydrogen) atoms. The molecule has 0 unspecified atom stereocenters. The van der Waals surface area contributed by atoms with E-state index in [-0.39, 0.29) is 24.3 Å². The Morgan fingerprint density at radius 3 is 2.73 bits per heavy atom. The molecule has 9 heteroatoms. The number of hydrogen-bond donors (Lipinski definition) is 4. The van der Waals surface area contributed by atoms with Gasteiger partial charge in [0.1, 0.15) is 0 Å². The molecule has 2 aromatic rings. The van der Waals surface area contributed by atoms with Gasteiger partial charge in [0.05, 0.1) is 10.6 Å². The highest BCUT2D eigenvalue weighted by Gasteiger charge is 2.44. The van der Waals surface area contributed by atoms with Crippen molar-refractivity contribution in [2.75, 3.05) is 26.7 Å². The molecule has 1 aliphatic carbocycles. The SMILES string of the molecule is CN[C@H]1CC[C@@H](C(=O)N2CCC[C@@H]([C@@](O)(CCCNC(=O)O)c3cncc(Cl)c3-c3cccc(C(C)C)c3)C2)C1. The van der Waals surface area contributed by atoms with Crippen LogP contribution in [0.4, 0.5) is 4.79 Å². The van der Waals surface area contributed by atoms with E-state index in [0.29, 0.717) is 48.5 Å². The van der Waals surface area contributed by atoms with Crippen molar-refractivity contribution in [2.45, 2.75) is 76.4 Å². The summed E-state index contributed by atoms with van der Waals surface area (Å²) in [4.78, 5) is 31.0. The minimum absolute atomic E-state index is 0.00577.